The number of hydrogen-bond donors (Lipinski definition) is 1. The number of likely N-dealkylation sites (N-methyl/N-ethyl adjacent to an activating group) is 1. The molecule has 0 saturated heterocycles. The van der Waals surface area contributed by atoms with Gasteiger partial charge in [0.05, 0.1) is 27.7 Å². The van der Waals surface area contributed by atoms with Crippen LogP contribution in [0.25, 0.3) is 0 Å². The number of carbonyl (C=O) groups excluding carboxylic acids is 2. The van der Waals surface area contributed by atoms with Crippen LogP contribution in [0.3, 0.4) is 0 Å². The second-order valence-corrected chi connectivity index (χ2v) is 17.1. The highest BCUT2D eigenvalue weighted by Gasteiger charge is 2.27. The van der Waals surface area contributed by atoms with Crippen molar-refractivity contribution >= 4 is 19.8 Å². The highest BCUT2D eigenvalue weighted by molar-refractivity contribution is 7.47. The van der Waals surface area contributed by atoms with Gasteiger partial charge in [-0.3, -0.25) is 18.6 Å². The number of allylic oxidation sites excluding steroid dienone is 18. The van der Waals surface area contributed by atoms with Crippen molar-refractivity contribution in [1.29, 1.82) is 0 Å². The van der Waals surface area contributed by atoms with Crippen LogP contribution in [0.2, 0.25) is 0 Å². The summed E-state index contributed by atoms with van der Waals surface area (Å²) in [4.78, 5) is 35.4. The van der Waals surface area contributed by atoms with Crippen molar-refractivity contribution < 1.29 is 42.1 Å². The number of esters is 2. The van der Waals surface area contributed by atoms with Crippen LogP contribution in [0.4, 0.5) is 0 Å². The van der Waals surface area contributed by atoms with Gasteiger partial charge < -0.3 is 18.9 Å². The van der Waals surface area contributed by atoms with Gasteiger partial charge in [0.2, 0.25) is 0 Å². The molecule has 0 heterocycles. The number of quaternary nitrogens is 1. The van der Waals surface area contributed by atoms with Gasteiger partial charge in [-0.05, 0) is 89.9 Å². The average molecular weight is 857 g/mol. The predicted octanol–water partition coefficient (Wildman–Crippen LogP) is 13.1. The fraction of sp³-hybridized carbons (Fsp3) is 0.600. The maximum absolute atomic E-state index is 12.7. The fourth-order valence-electron chi connectivity index (χ4n) is 5.28. The van der Waals surface area contributed by atoms with Crippen LogP contribution >= 0.6 is 7.82 Å². The highest BCUT2D eigenvalue weighted by Crippen LogP contribution is 2.43. The van der Waals surface area contributed by atoms with Crippen molar-refractivity contribution in [1.82, 2.24) is 0 Å². The quantitative estimate of drug-likeness (QED) is 0.0214. The van der Waals surface area contributed by atoms with Crippen LogP contribution in [0.1, 0.15) is 142 Å². The van der Waals surface area contributed by atoms with Gasteiger partial charge in [0.1, 0.15) is 19.8 Å². The van der Waals surface area contributed by atoms with Crippen LogP contribution < -0.4 is 0 Å². The van der Waals surface area contributed by atoms with Crippen molar-refractivity contribution in [3.05, 3.63) is 109 Å². The molecule has 0 aliphatic carbocycles. The first-order valence-electron chi connectivity index (χ1n) is 22.6. The Bertz CT molecular complexity index is 1380. The summed E-state index contributed by atoms with van der Waals surface area (Å²) in [5.74, 6) is -0.935. The number of rotatable bonds is 39. The SMILES string of the molecule is CC/C=C\C/C=C\C/C=C\C/C=C\CCCCCCC(=O)O[C@H](COC(=O)CC/C=C\C/C=C\C/C=C\C/C=C\C/C=C\CCCCC)COP(=O)(O)OCC[N+](C)(C)C. The van der Waals surface area contributed by atoms with Crippen LogP contribution in [0, 0.1) is 0 Å². The minimum absolute atomic E-state index is 0.00886. The zero-order chi connectivity index (χ0) is 44.3. The van der Waals surface area contributed by atoms with Gasteiger partial charge in [0.25, 0.3) is 0 Å². The Kier molecular flexibility index (Phi) is 38.8. The molecular formula is C50H83NO8P+. The Balaban J connectivity index is 4.54. The maximum Gasteiger partial charge on any atom is 0.472 e. The molecule has 340 valence electrons. The van der Waals surface area contributed by atoms with Gasteiger partial charge in [-0.1, -0.05) is 149 Å². The zero-order valence-corrected chi connectivity index (χ0v) is 39.0. The van der Waals surface area contributed by atoms with Gasteiger partial charge in [-0.2, -0.15) is 0 Å². The van der Waals surface area contributed by atoms with Gasteiger partial charge in [-0.15, -0.1) is 0 Å². The van der Waals surface area contributed by atoms with E-state index in [9.17, 15) is 19.0 Å². The molecule has 2 atom stereocenters. The Hall–Kier alpha value is -3.33. The summed E-state index contributed by atoms with van der Waals surface area (Å²) in [6.07, 6.45) is 55.8. The van der Waals surface area contributed by atoms with E-state index in [1.54, 1.807) is 0 Å². The molecule has 0 aliphatic heterocycles. The summed E-state index contributed by atoms with van der Waals surface area (Å²) < 4.78 is 34.2. The first-order valence-corrected chi connectivity index (χ1v) is 24.1. The molecule has 1 N–H and O–H groups in total. The van der Waals surface area contributed by atoms with Crippen molar-refractivity contribution in [2.24, 2.45) is 0 Å². The molecule has 0 rings (SSSR count). The van der Waals surface area contributed by atoms with Crippen molar-refractivity contribution in [3.8, 4) is 0 Å². The summed E-state index contributed by atoms with van der Waals surface area (Å²) >= 11 is 0. The standard InChI is InChI=1S/C50H82NO8P/c1-6-8-10-12-14-16-18-20-22-24-25-27-28-30-32-34-36-38-40-42-49(52)56-46-48(47-58-60(54,55)57-45-44-51(3,4)5)59-50(53)43-41-39-37-35-33-31-29-26-23-21-19-17-15-13-11-9-7-2/h9,11,14-17,20-23,25,27,29-32,36,38,48H,6-8,10,12-13,18-19,24,26,28,33-35,37,39-47H2,1-5H3/p+1/b11-9-,16-14-,17-15-,22-20-,23-21-,27-25-,31-29-,32-30-,38-36-/t48-/m1/s1. The molecule has 0 aromatic heterocycles. The van der Waals surface area contributed by atoms with Crippen molar-refractivity contribution in [3.63, 3.8) is 0 Å². The van der Waals surface area contributed by atoms with E-state index in [2.05, 4.69) is 111 Å². The van der Waals surface area contributed by atoms with E-state index in [4.69, 9.17) is 18.5 Å². The molecule has 10 heteroatoms. The Morgan fingerprint density at radius 3 is 1.47 bits per heavy atom. The van der Waals surface area contributed by atoms with Crippen LogP contribution in [0.5, 0.6) is 0 Å². The number of hydrogen-bond acceptors (Lipinski definition) is 7. The normalized spacial score (nSPS) is 14.6. The van der Waals surface area contributed by atoms with E-state index >= 15 is 0 Å². The molecule has 0 amide bonds. The van der Waals surface area contributed by atoms with Crippen LogP contribution in [-0.2, 0) is 32.7 Å². The Labute approximate surface area is 366 Å². The predicted molar refractivity (Wildman–Crippen MR) is 251 cm³/mol. The minimum Gasteiger partial charge on any atom is -0.462 e. The first-order chi connectivity index (χ1) is 29.0. The third kappa shape index (κ3) is 44.2. The van der Waals surface area contributed by atoms with E-state index in [1.165, 1.54) is 25.7 Å². The topological polar surface area (TPSA) is 108 Å². The van der Waals surface area contributed by atoms with Gasteiger partial charge in [0, 0.05) is 12.8 Å². The molecule has 60 heavy (non-hydrogen) atoms. The van der Waals surface area contributed by atoms with Crippen LogP contribution in [0.15, 0.2) is 109 Å². The summed E-state index contributed by atoms with van der Waals surface area (Å²) in [6.45, 7) is 4.13. The Morgan fingerprint density at radius 1 is 0.533 bits per heavy atom. The molecule has 0 bridgehead atoms. The van der Waals surface area contributed by atoms with Crippen molar-refractivity contribution in [2.75, 3.05) is 47.5 Å². The van der Waals surface area contributed by atoms with Crippen LogP contribution in [-0.4, -0.2) is 74.9 Å². The maximum atomic E-state index is 12.7. The number of carbonyl (C=O) groups is 2. The van der Waals surface area contributed by atoms with E-state index < -0.39 is 32.5 Å². The smallest absolute Gasteiger partial charge is 0.462 e. The lowest BCUT2D eigenvalue weighted by Crippen LogP contribution is -2.37. The lowest BCUT2D eigenvalue weighted by atomic mass is 10.1. The molecule has 0 fully saturated rings. The molecule has 0 spiro atoms. The largest absolute Gasteiger partial charge is 0.472 e. The monoisotopic (exact) mass is 857 g/mol. The highest BCUT2D eigenvalue weighted by atomic mass is 31.2. The summed E-state index contributed by atoms with van der Waals surface area (Å²) in [5, 5.41) is 0. The molecule has 0 aromatic carbocycles. The molecule has 0 saturated carbocycles. The summed E-state index contributed by atoms with van der Waals surface area (Å²) in [5.41, 5.74) is 0. The second-order valence-electron chi connectivity index (χ2n) is 15.7. The summed E-state index contributed by atoms with van der Waals surface area (Å²) in [7, 11) is 1.40. The fourth-order valence-corrected chi connectivity index (χ4v) is 6.02. The third-order valence-corrected chi connectivity index (χ3v) is 9.78. The third-order valence-electron chi connectivity index (χ3n) is 8.80. The molecule has 0 aromatic rings. The molecule has 0 radical (unpaired) electrons. The average Bonchev–Trinajstić information content (AvgIpc) is 3.20. The first kappa shape index (κ1) is 56.7. The number of phosphoric ester groups is 1. The van der Waals surface area contributed by atoms with Gasteiger partial charge in [0.15, 0.2) is 6.10 Å². The van der Waals surface area contributed by atoms with Crippen molar-refractivity contribution in [2.45, 2.75) is 148 Å². The lowest BCUT2D eigenvalue weighted by molar-refractivity contribution is -0.870. The van der Waals surface area contributed by atoms with Gasteiger partial charge in [-0.25, -0.2) is 4.57 Å². The van der Waals surface area contributed by atoms with E-state index in [1.807, 2.05) is 33.3 Å². The number of nitrogens with zero attached hydrogens (tertiary/aromatic N) is 1. The Morgan fingerprint density at radius 2 is 0.983 bits per heavy atom. The zero-order valence-electron chi connectivity index (χ0n) is 38.1. The number of phosphoric acid groups is 1. The molecule has 0 aliphatic rings. The number of unbranched alkanes of at least 4 members (excludes halogenated alkanes) is 7. The molecule has 1 unspecified atom stereocenters. The number of ether oxygens (including phenoxy) is 2. The van der Waals surface area contributed by atoms with E-state index in [0.29, 0.717) is 23.9 Å². The molecular weight excluding hydrogens is 774 g/mol. The summed E-state index contributed by atoms with van der Waals surface area (Å²) in [6, 6.07) is 0. The molecule has 9 nitrogen and oxygen atoms in total. The van der Waals surface area contributed by atoms with E-state index in [0.717, 1.165) is 77.0 Å². The lowest BCUT2D eigenvalue weighted by Gasteiger charge is -2.24. The second kappa shape index (κ2) is 41.0. The minimum atomic E-state index is -4.41. The van der Waals surface area contributed by atoms with Gasteiger partial charge >= 0.3 is 19.8 Å². The van der Waals surface area contributed by atoms with E-state index in [-0.39, 0.29) is 26.1 Å².